The van der Waals surface area contributed by atoms with Gasteiger partial charge < -0.3 is 15.0 Å². The van der Waals surface area contributed by atoms with Crippen molar-refractivity contribution in [3.05, 3.63) is 29.3 Å². The number of fused-ring (bicyclic) bond motifs is 1. The molecule has 2 aromatic rings. The molecule has 2 rings (SSSR count). The van der Waals surface area contributed by atoms with Crippen LogP contribution in [0.3, 0.4) is 0 Å². The number of hydrogen-bond acceptors (Lipinski definition) is 5. The zero-order valence-electron chi connectivity index (χ0n) is 12.4. The van der Waals surface area contributed by atoms with Gasteiger partial charge in [0.15, 0.2) is 0 Å². The number of aromatic nitrogens is 1. The Labute approximate surface area is 124 Å². The maximum absolute atomic E-state index is 5.57. The molecule has 0 aliphatic rings. The van der Waals surface area contributed by atoms with Crippen LogP contribution in [0.25, 0.3) is 10.2 Å². The van der Waals surface area contributed by atoms with Gasteiger partial charge in [-0.25, -0.2) is 4.98 Å². The van der Waals surface area contributed by atoms with Crippen LogP contribution >= 0.6 is 11.3 Å². The molecule has 1 heterocycles. The van der Waals surface area contributed by atoms with Crippen molar-refractivity contribution in [3.63, 3.8) is 0 Å². The van der Waals surface area contributed by atoms with Crippen molar-refractivity contribution in [2.75, 3.05) is 40.4 Å². The van der Waals surface area contributed by atoms with E-state index >= 15 is 0 Å². The van der Waals surface area contributed by atoms with Gasteiger partial charge >= 0.3 is 0 Å². The fraction of sp³-hybridized carbons (Fsp3) is 0.533. The molecule has 0 spiro atoms. The summed E-state index contributed by atoms with van der Waals surface area (Å²) >= 11 is 1.76. The van der Waals surface area contributed by atoms with Crippen LogP contribution in [-0.4, -0.2) is 50.3 Å². The Balaban J connectivity index is 1.73. The molecule has 1 atom stereocenters. The van der Waals surface area contributed by atoms with E-state index in [-0.39, 0.29) is 6.04 Å². The van der Waals surface area contributed by atoms with E-state index in [0.717, 1.165) is 36.8 Å². The smallest absolute Gasteiger partial charge is 0.111 e. The molecule has 20 heavy (non-hydrogen) atoms. The van der Waals surface area contributed by atoms with Crippen LogP contribution in [0.1, 0.15) is 18.0 Å². The number of hydrogen-bond donors (Lipinski definition) is 1. The Morgan fingerprint density at radius 2 is 2.10 bits per heavy atom. The summed E-state index contributed by atoms with van der Waals surface area (Å²) in [6.07, 6.45) is 0. The summed E-state index contributed by atoms with van der Waals surface area (Å²) in [6, 6.07) is 8.54. The predicted molar refractivity (Wildman–Crippen MR) is 85.4 cm³/mol. The maximum Gasteiger partial charge on any atom is 0.111 e. The molecule has 0 fully saturated rings. The van der Waals surface area contributed by atoms with Crippen molar-refractivity contribution in [1.29, 1.82) is 0 Å². The molecule has 1 unspecified atom stereocenters. The third-order valence-corrected chi connectivity index (χ3v) is 4.28. The molecule has 1 aromatic heterocycles. The van der Waals surface area contributed by atoms with Crippen LogP contribution in [0.2, 0.25) is 0 Å². The summed E-state index contributed by atoms with van der Waals surface area (Å²) in [6.45, 7) is 5.49. The predicted octanol–water partition coefficient (Wildman–Crippen LogP) is 2.53. The second-order valence-corrected chi connectivity index (χ2v) is 6.17. The van der Waals surface area contributed by atoms with Gasteiger partial charge in [0.25, 0.3) is 0 Å². The molecule has 0 bridgehead atoms. The second-order valence-electron chi connectivity index (χ2n) is 5.11. The number of nitrogens with one attached hydrogen (secondary N) is 1. The molecule has 4 nitrogen and oxygen atoms in total. The average molecular weight is 293 g/mol. The second kappa shape index (κ2) is 7.69. The van der Waals surface area contributed by atoms with E-state index in [1.165, 1.54) is 4.70 Å². The molecule has 0 aliphatic carbocycles. The highest BCUT2D eigenvalue weighted by Crippen LogP contribution is 2.25. The van der Waals surface area contributed by atoms with Crippen molar-refractivity contribution in [3.8, 4) is 0 Å². The van der Waals surface area contributed by atoms with E-state index < -0.39 is 0 Å². The Morgan fingerprint density at radius 3 is 2.85 bits per heavy atom. The van der Waals surface area contributed by atoms with Crippen LogP contribution in [0.15, 0.2) is 24.3 Å². The molecule has 110 valence electrons. The van der Waals surface area contributed by atoms with Gasteiger partial charge in [0.1, 0.15) is 5.01 Å². The quantitative estimate of drug-likeness (QED) is 0.759. The highest BCUT2D eigenvalue weighted by molar-refractivity contribution is 7.18. The van der Waals surface area contributed by atoms with Gasteiger partial charge in [0, 0.05) is 13.1 Å². The Bertz CT molecular complexity index is 494. The molecule has 0 aliphatic heterocycles. The lowest BCUT2D eigenvalue weighted by Gasteiger charge is -2.12. The molecule has 0 saturated heterocycles. The highest BCUT2D eigenvalue weighted by Gasteiger charge is 2.10. The lowest BCUT2D eigenvalue weighted by atomic mass is 10.3. The minimum Gasteiger partial charge on any atom is -0.379 e. The third kappa shape index (κ3) is 4.52. The minimum atomic E-state index is 0.268. The van der Waals surface area contributed by atoms with E-state index in [2.05, 4.69) is 54.4 Å². The zero-order chi connectivity index (χ0) is 14.4. The van der Waals surface area contributed by atoms with Crippen molar-refractivity contribution < 1.29 is 4.74 Å². The number of likely N-dealkylation sites (N-methyl/N-ethyl adjacent to an activating group) is 1. The molecule has 0 amide bonds. The van der Waals surface area contributed by atoms with Crippen molar-refractivity contribution in [1.82, 2.24) is 15.2 Å². The van der Waals surface area contributed by atoms with Gasteiger partial charge in [-0.05, 0) is 33.2 Å². The largest absolute Gasteiger partial charge is 0.379 e. The summed E-state index contributed by atoms with van der Waals surface area (Å²) in [7, 11) is 4.10. The topological polar surface area (TPSA) is 37.4 Å². The average Bonchev–Trinajstić information content (AvgIpc) is 2.86. The van der Waals surface area contributed by atoms with Crippen LogP contribution in [0, 0.1) is 0 Å². The summed E-state index contributed by atoms with van der Waals surface area (Å²) in [5.74, 6) is 0. The van der Waals surface area contributed by atoms with Crippen molar-refractivity contribution in [2.24, 2.45) is 0 Å². The molecule has 5 heteroatoms. The molecule has 1 N–H and O–H groups in total. The molecule has 1 aromatic carbocycles. The van der Waals surface area contributed by atoms with Gasteiger partial charge in [0.2, 0.25) is 0 Å². The summed E-state index contributed by atoms with van der Waals surface area (Å²) < 4.78 is 6.82. The fourth-order valence-corrected chi connectivity index (χ4v) is 2.85. The van der Waals surface area contributed by atoms with Crippen LogP contribution in [0.5, 0.6) is 0 Å². The lowest BCUT2D eigenvalue weighted by molar-refractivity contribution is 0.118. The SMILES string of the molecule is CC(NCCOCCN(C)C)c1nc2ccccc2s1. The molecule has 0 saturated carbocycles. The maximum atomic E-state index is 5.57. The van der Waals surface area contributed by atoms with Crippen molar-refractivity contribution >= 4 is 21.6 Å². The zero-order valence-corrected chi connectivity index (χ0v) is 13.2. The minimum absolute atomic E-state index is 0.268. The summed E-state index contributed by atoms with van der Waals surface area (Å²) in [5.41, 5.74) is 1.09. The number of benzene rings is 1. The van der Waals surface area contributed by atoms with E-state index in [9.17, 15) is 0 Å². The number of nitrogens with zero attached hydrogens (tertiary/aromatic N) is 2. The number of para-hydroxylation sites is 1. The third-order valence-electron chi connectivity index (χ3n) is 3.06. The van der Waals surface area contributed by atoms with Gasteiger partial charge in [-0.1, -0.05) is 12.1 Å². The van der Waals surface area contributed by atoms with Crippen LogP contribution in [0.4, 0.5) is 0 Å². The van der Waals surface area contributed by atoms with Gasteiger partial charge in [-0.15, -0.1) is 11.3 Å². The van der Waals surface area contributed by atoms with E-state index in [4.69, 9.17) is 4.74 Å². The molecular formula is C15H23N3OS. The highest BCUT2D eigenvalue weighted by atomic mass is 32.1. The van der Waals surface area contributed by atoms with Gasteiger partial charge in [-0.2, -0.15) is 0 Å². The standard InChI is InChI=1S/C15H23N3OS/c1-12(16-8-10-19-11-9-18(2)3)15-17-13-6-4-5-7-14(13)20-15/h4-7,12,16H,8-11H2,1-3H3. The Kier molecular flexibility index (Phi) is 5.91. The van der Waals surface area contributed by atoms with E-state index in [0.29, 0.717) is 0 Å². The summed E-state index contributed by atoms with van der Waals surface area (Å²) in [5, 5.41) is 4.60. The first-order valence-corrected chi connectivity index (χ1v) is 7.80. The normalized spacial score (nSPS) is 13.2. The first-order valence-electron chi connectivity index (χ1n) is 6.98. The monoisotopic (exact) mass is 293 g/mol. The first kappa shape index (κ1) is 15.4. The first-order chi connectivity index (χ1) is 9.66. The number of rotatable bonds is 8. The fourth-order valence-electron chi connectivity index (χ4n) is 1.86. The lowest BCUT2D eigenvalue weighted by Crippen LogP contribution is -2.25. The molecule has 0 radical (unpaired) electrons. The van der Waals surface area contributed by atoms with E-state index in [1.807, 2.05) is 6.07 Å². The van der Waals surface area contributed by atoms with Crippen LogP contribution in [-0.2, 0) is 4.74 Å². The summed E-state index contributed by atoms with van der Waals surface area (Å²) in [4.78, 5) is 6.78. The Hall–Kier alpha value is -1.01. The number of ether oxygens (including phenoxy) is 1. The Morgan fingerprint density at radius 1 is 1.30 bits per heavy atom. The van der Waals surface area contributed by atoms with Gasteiger partial charge in [0.05, 0.1) is 29.5 Å². The van der Waals surface area contributed by atoms with Crippen molar-refractivity contribution in [2.45, 2.75) is 13.0 Å². The molecular weight excluding hydrogens is 270 g/mol. The van der Waals surface area contributed by atoms with Crippen LogP contribution < -0.4 is 5.32 Å². The van der Waals surface area contributed by atoms with Gasteiger partial charge in [-0.3, -0.25) is 0 Å². The number of thiazole rings is 1. The van der Waals surface area contributed by atoms with E-state index in [1.54, 1.807) is 11.3 Å².